The zero-order valence-electron chi connectivity index (χ0n) is 11.4. The summed E-state index contributed by atoms with van der Waals surface area (Å²) in [5.41, 5.74) is 0.548. The highest BCUT2D eigenvalue weighted by Crippen LogP contribution is 2.42. The van der Waals surface area contributed by atoms with Crippen molar-refractivity contribution in [2.45, 2.75) is 25.7 Å². The summed E-state index contributed by atoms with van der Waals surface area (Å²) in [6.45, 7) is 2.04. The molecule has 0 radical (unpaired) electrons. The lowest BCUT2D eigenvalue weighted by atomic mass is 9.96. The number of rotatable bonds is 3. The number of aliphatic carboxylic acids is 1. The van der Waals surface area contributed by atoms with Crippen molar-refractivity contribution in [3.05, 3.63) is 29.2 Å². The molecule has 110 valence electrons. The highest BCUT2D eigenvalue weighted by molar-refractivity contribution is 6.30. The smallest absolute Gasteiger partial charge is 0.307 e. The fourth-order valence-electron chi connectivity index (χ4n) is 2.84. The van der Waals surface area contributed by atoms with Crippen LogP contribution >= 0.6 is 11.6 Å². The van der Waals surface area contributed by atoms with Gasteiger partial charge in [0.15, 0.2) is 0 Å². The molecule has 2 aromatic rings. The molecule has 1 saturated carbocycles. The van der Waals surface area contributed by atoms with E-state index in [4.69, 9.17) is 16.1 Å². The van der Waals surface area contributed by atoms with E-state index in [0.29, 0.717) is 34.8 Å². The van der Waals surface area contributed by atoms with E-state index in [-0.39, 0.29) is 5.92 Å². The van der Waals surface area contributed by atoms with E-state index in [9.17, 15) is 9.90 Å². The van der Waals surface area contributed by atoms with Crippen molar-refractivity contribution in [1.29, 1.82) is 0 Å². The predicted molar refractivity (Wildman–Crippen MR) is 74.8 cm³/mol. The molecule has 7 heteroatoms. The Morgan fingerprint density at radius 3 is 2.90 bits per heavy atom. The van der Waals surface area contributed by atoms with Gasteiger partial charge >= 0.3 is 5.97 Å². The highest BCUT2D eigenvalue weighted by atomic mass is 35.5. The molecular formula is C14H14ClN3O3. The molecule has 3 unspecified atom stereocenters. The Morgan fingerprint density at radius 2 is 2.24 bits per heavy atom. The number of aromatic nitrogens is 3. The van der Waals surface area contributed by atoms with Crippen LogP contribution in [0.15, 0.2) is 22.9 Å². The molecule has 0 aliphatic heterocycles. The predicted octanol–water partition coefficient (Wildman–Crippen LogP) is 3.00. The summed E-state index contributed by atoms with van der Waals surface area (Å²) in [5, 5.41) is 13.7. The minimum absolute atomic E-state index is 0.231. The molecule has 3 atom stereocenters. The van der Waals surface area contributed by atoms with Crippen LogP contribution in [0.4, 0.5) is 0 Å². The van der Waals surface area contributed by atoms with E-state index in [1.165, 1.54) is 6.20 Å². The van der Waals surface area contributed by atoms with Gasteiger partial charge in [0.2, 0.25) is 11.7 Å². The Labute approximate surface area is 126 Å². The highest BCUT2D eigenvalue weighted by Gasteiger charge is 2.41. The molecule has 0 bridgehead atoms. The maximum absolute atomic E-state index is 11.3. The topological polar surface area (TPSA) is 89.1 Å². The third kappa shape index (κ3) is 2.76. The van der Waals surface area contributed by atoms with E-state index < -0.39 is 11.9 Å². The molecule has 1 aliphatic rings. The normalized spacial score (nSPS) is 25.1. The van der Waals surface area contributed by atoms with Gasteiger partial charge in [-0.2, -0.15) is 4.98 Å². The van der Waals surface area contributed by atoms with Crippen LogP contribution in [0.1, 0.15) is 31.6 Å². The van der Waals surface area contributed by atoms with E-state index in [0.717, 1.165) is 6.42 Å². The molecule has 0 aromatic carbocycles. The van der Waals surface area contributed by atoms with Crippen molar-refractivity contribution in [2.75, 3.05) is 0 Å². The Bertz CT molecular complexity index is 656. The monoisotopic (exact) mass is 307 g/mol. The Hall–Kier alpha value is -1.95. The van der Waals surface area contributed by atoms with Crippen LogP contribution in [0, 0.1) is 11.8 Å². The van der Waals surface area contributed by atoms with E-state index in [1.807, 2.05) is 6.92 Å². The Morgan fingerprint density at radius 1 is 1.43 bits per heavy atom. The van der Waals surface area contributed by atoms with Crippen molar-refractivity contribution >= 4 is 17.6 Å². The first-order valence-electron chi connectivity index (χ1n) is 6.73. The summed E-state index contributed by atoms with van der Waals surface area (Å²) >= 11 is 5.79. The van der Waals surface area contributed by atoms with E-state index in [1.54, 1.807) is 12.1 Å². The van der Waals surface area contributed by atoms with Gasteiger partial charge in [-0.1, -0.05) is 23.7 Å². The molecule has 2 aromatic heterocycles. The first kappa shape index (κ1) is 14.0. The van der Waals surface area contributed by atoms with E-state index >= 15 is 0 Å². The summed E-state index contributed by atoms with van der Waals surface area (Å²) in [6, 6.07) is 3.39. The first-order chi connectivity index (χ1) is 10.0. The van der Waals surface area contributed by atoms with Crippen molar-refractivity contribution in [1.82, 2.24) is 15.1 Å². The second-order valence-corrected chi connectivity index (χ2v) is 5.88. The van der Waals surface area contributed by atoms with E-state index in [2.05, 4.69) is 15.1 Å². The lowest BCUT2D eigenvalue weighted by Crippen LogP contribution is -2.17. The molecule has 3 rings (SSSR count). The lowest BCUT2D eigenvalue weighted by Gasteiger charge is -2.09. The number of nitrogens with zero attached hydrogens (tertiary/aromatic N) is 3. The molecular weight excluding hydrogens is 294 g/mol. The van der Waals surface area contributed by atoms with Gasteiger partial charge in [-0.3, -0.25) is 9.78 Å². The van der Waals surface area contributed by atoms with Gasteiger partial charge in [-0.15, -0.1) is 0 Å². The molecule has 6 nitrogen and oxygen atoms in total. The molecule has 0 amide bonds. The van der Waals surface area contributed by atoms with Gasteiger partial charge in [0, 0.05) is 6.20 Å². The van der Waals surface area contributed by atoms with Gasteiger partial charge in [-0.05, 0) is 30.9 Å². The maximum atomic E-state index is 11.3. The standard InChI is InChI=1S/C14H14ClN3O3/c1-7-4-9(10(5-7)14(19)20)13-17-12(18-21-13)11-3-2-8(15)6-16-11/h2-3,6-7,9-10H,4-5H2,1H3,(H,19,20). The minimum Gasteiger partial charge on any atom is -0.481 e. The molecule has 1 aliphatic carbocycles. The van der Waals surface area contributed by atoms with Gasteiger partial charge in [-0.25, -0.2) is 0 Å². The summed E-state index contributed by atoms with van der Waals surface area (Å²) in [5.74, 6) is -0.449. The third-order valence-corrected chi connectivity index (χ3v) is 4.05. The molecule has 1 N–H and O–H groups in total. The van der Waals surface area contributed by atoms with Crippen LogP contribution in [0.5, 0.6) is 0 Å². The zero-order valence-corrected chi connectivity index (χ0v) is 12.1. The summed E-state index contributed by atoms with van der Waals surface area (Å²) in [7, 11) is 0. The number of carbonyl (C=O) groups is 1. The lowest BCUT2D eigenvalue weighted by molar-refractivity contribution is -0.142. The van der Waals surface area contributed by atoms with Crippen LogP contribution < -0.4 is 0 Å². The number of hydrogen-bond donors (Lipinski definition) is 1. The number of hydrogen-bond acceptors (Lipinski definition) is 5. The van der Waals surface area contributed by atoms with Crippen LogP contribution in [-0.2, 0) is 4.79 Å². The molecule has 0 spiro atoms. The molecule has 0 saturated heterocycles. The minimum atomic E-state index is -0.811. The third-order valence-electron chi connectivity index (χ3n) is 3.83. The van der Waals surface area contributed by atoms with Gasteiger partial charge in [0.1, 0.15) is 5.69 Å². The second kappa shape index (κ2) is 5.44. The van der Waals surface area contributed by atoms with Crippen LogP contribution in [-0.4, -0.2) is 26.2 Å². The average molecular weight is 308 g/mol. The Kier molecular flexibility index (Phi) is 3.63. The summed E-state index contributed by atoms with van der Waals surface area (Å²) in [6.07, 6.45) is 2.88. The van der Waals surface area contributed by atoms with Crippen molar-refractivity contribution in [3.63, 3.8) is 0 Å². The average Bonchev–Trinajstić information content (AvgIpc) is 3.06. The van der Waals surface area contributed by atoms with Gasteiger partial charge in [0.25, 0.3) is 0 Å². The van der Waals surface area contributed by atoms with Crippen LogP contribution in [0.3, 0.4) is 0 Å². The van der Waals surface area contributed by atoms with Crippen molar-refractivity contribution in [2.24, 2.45) is 11.8 Å². The van der Waals surface area contributed by atoms with Crippen LogP contribution in [0.2, 0.25) is 5.02 Å². The fourth-order valence-corrected chi connectivity index (χ4v) is 2.95. The van der Waals surface area contributed by atoms with Crippen molar-refractivity contribution < 1.29 is 14.4 Å². The molecule has 2 heterocycles. The maximum Gasteiger partial charge on any atom is 0.307 e. The fraction of sp³-hybridized carbons (Fsp3) is 0.429. The van der Waals surface area contributed by atoms with Crippen molar-refractivity contribution in [3.8, 4) is 11.5 Å². The Balaban J connectivity index is 1.87. The summed E-state index contributed by atoms with van der Waals surface area (Å²) in [4.78, 5) is 19.8. The number of halogens is 1. The molecule has 1 fully saturated rings. The largest absolute Gasteiger partial charge is 0.481 e. The SMILES string of the molecule is CC1CC(C(=O)O)C(c2nc(-c3ccc(Cl)cn3)no2)C1. The molecule has 21 heavy (non-hydrogen) atoms. The number of carboxylic acid groups (broad SMARTS) is 1. The second-order valence-electron chi connectivity index (χ2n) is 5.45. The number of carboxylic acids is 1. The van der Waals surface area contributed by atoms with Crippen LogP contribution in [0.25, 0.3) is 11.5 Å². The number of pyridine rings is 1. The first-order valence-corrected chi connectivity index (χ1v) is 7.10. The quantitative estimate of drug-likeness (QED) is 0.937. The zero-order chi connectivity index (χ0) is 15.0. The van der Waals surface area contributed by atoms with Gasteiger partial charge in [0.05, 0.1) is 16.9 Å². The van der Waals surface area contributed by atoms with Gasteiger partial charge < -0.3 is 9.63 Å². The summed E-state index contributed by atoms with van der Waals surface area (Å²) < 4.78 is 5.26.